The first-order valence-corrected chi connectivity index (χ1v) is 10.2. The maximum Gasteiger partial charge on any atom is 0.344 e. The summed E-state index contributed by atoms with van der Waals surface area (Å²) >= 11 is 1.02. The molecule has 0 radical (unpaired) electrons. The summed E-state index contributed by atoms with van der Waals surface area (Å²) in [4.78, 5) is 29.4. The van der Waals surface area contributed by atoms with E-state index in [0.29, 0.717) is 16.2 Å². The van der Waals surface area contributed by atoms with Crippen molar-refractivity contribution >= 4 is 34.8 Å². The average molecular weight is 433 g/mol. The van der Waals surface area contributed by atoms with Crippen LogP contribution in [0.3, 0.4) is 0 Å². The minimum atomic E-state index is -0.742. The molecule has 6 nitrogen and oxygen atoms in total. The first-order chi connectivity index (χ1) is 15.0. The van der Waals surface area contributed by atoms with Crippen LogP contribution < -0.4 is 4.74 Å². The number of benzene rings is 2. The van der Waals surface area contributed by atoms with Gasteiger partial charge in [0.2, 0.25) is 0 Å². The zero-order chi connectivity index (χ0) is 22.2. The molecule has 0 bridgehead atoms. The minimum Gasteiger partial charge on any atom is -0.506 e. The third-order valence-electron chi connectivity index (χ3n) is 4.09. The second-order valence-corrected chi connectivity index (χ2v) is 7.24. The molecule has 0 aliphatic carbocycles. The molecule has 0 aromatic heterocycles. The molecule has 31 heavy (non-hydrogen) atoms. The van der Waals surface area contributed by atoms with Crippen molar-refractivity contribution in [3.8, 4) is 18.1 Å². The monoisotopic (exact) mass is 433 g/mol. The zero-order valence-electron chi connectivity index (χ0n) is 16.7. The quantitative estimate of drug-likeness (QED) is 0.537. The molecule has 0 saturated carbocycles. The number of ether oxygens (including phenoxy) is 2. The standard InChI is InChI=1S/C24H19NO5S/c1-3-14-30-18-12-10-16(11-13-18)15-19-21(26)20(24(28)29-4-2)23(31-19)25-22(27)17-8-6-5-7-9-17/h1,5-13,15,26H,4,14H2,2H3/b19-15-,25-23?. The van der Waals surface area contributed by atoms with Crippen molar-refractivity contribution in [2.24, 2.45) is 4.99 Å². The SMILES string of the molecule is C#CCOc1ccc(/C=C2\SC(=NC(=O)c3ccccc3)C(C(=O)OCC)=C2O)cc1. The van der Waals surface area contributed by atoms with Crippen molar-refractivity contribution in [1.82, 2.24) is 0 Å². The molecule has 0 unspecified atom stereocenters. The van der Waals surface area contributed by atoms with E-state index in [2.05, 4.69) is 10.9 Å². The summed E-state index contributed by atoms with van der Waals surface area (Å²) in [5, 5.41) is 10.8. The lowest BCUT2D eigenvalue weighted by Gasteiger charge is -2.03. The van der Waals surface area contributed by atoms with Gasteiger partial charge in [-0.3, -0.25) is 4.79 Å². The number of thioether (sulfide) groups is 1. The molecule has 1 aliphatic heterocycles. The molecular formula is C24H19NO5S. The molecule has 0 fully saturated rings. The summed E-state index contributed by atoms with van der Waals surface area (Å²) in [5.74, 6) is 1.46. The molecule has 2 aromatic rings. The number of carbonyl (C=O) groups is 2. The lowest BCUT2D eigenvalue weighted by Crippen LogP contribution is -2.14. The Morgan fingerprint density at radius 3 is 2.52 bits per heavy atom. The Kier molecular flexibility index (Phi) is 7.31. The van der Waals surface area contributed by atoms with E-state index in [4.69, 9.17) is 15.9 Å². The number of aliphatic imine (C=N–C) groups is 1. The summed E-state index contributed by atoms with van der Waals surface area (Å²) < 4.78 is 10.4. The van der Waals surface area contributed by atoms with Crippen LogP contribution in [0.2, 0.25) is 0 Å². The van der Waals surface area contributed by atoms with Gasteiger partial charge in [0.05, 0.1) is 11.5 Å². The lowest BCUT2D eigenvalue weighted by atomic mass is 10.1. The summed E-state index contributed by atoms with van der Waals surface area (Å²) in [6.07, 6.45) is 6.86. The fourth-order valence-electron chi connectivity index (χ4n) is 2.67. The van der Waals surface area contributed by atoms with Crippen molar-refractivity contribution in [2.45, 2.75) is 6.92 Å². The normalized spacial score (nSPS) is 15.7. The van der Waals surface area contributed by atoms with E-state index in [1.165, 1.54) is 0 Å². The van der Waals surface area contributed by atoms with Crippen LogP contribution in [0.1, 0.15) is 22.8 Å². The molecule has 1 amide bonds. The van der Waals surface area contributed by atoms with Gasteiger partial charge < -0.3 is 14.6 Å². The van der Waals surface area contributed by atoms with Crippen LogP contribution in [0.25, 0.3) is 6.08 Å². The predicted octanol–water partition coefficient (Wildman–Crippen LogP) is 4.40. The van der Waals surface area contributed by atoms with Crippen molar-refractivity contribution in [3.05, 3.63) is 82.0 Å². The van der Waals surface area contributed by atoms with Gasteiger partial charge in [0.25, 0.3) is 5.91 Å². The summed E-state index contributed by atoms with van der Waals surface area (Å²) in [7, 11) is 0. The highest BCUT2D eigenvalue weighted by molar-refractivity contribution is 8.18. The molecule has 7 heteroatoms. The second-order valence-electron chi connectivity index (χ2n) is 6.20. The average Bonchev–Trinajstić information content (AvgIpc) is 3.08. The van der Waals surface area contributed by atoms with E-state index in [1.54, 1.807) is 67.6 Å². The first kappa shape index (κ1) is 21.9. The van der Waals surface area contributed by atoms with Gasteiger partial charge >= 0.3 is 5.97 Å². The smallest absolute Gasteiger partial charge is 0.344 e. The summed E-state index contributed by atoms with van der Waals surface area (Å²) in [6.45, 7) is 1.94. The minimum absolute atomic E-state index is 0.0880. The van der Waals surface area contributed by atoms with Gasteiger partial charge in [-0.2, -0.15) is 0 Å². The number of hydrogen-bond donors (Lipinski definition) is 1. The van der Waals surface area contributed by atoms with Crippen LogP contribution in [-0.2, 0) is 9.53 Å². The summed E-state index contributed by atoms with van der Waals surface area (Å²) in [6, 6.07) is 15.5. The number of rotatable bonds is 6. The number of aliphatic hydroxyl groups excluding tert-OH is 1. The zero-order valence-corrected chi connectivity index (χ0v) is 17.5. The van der Waals surface area contributed by atoms with Gasteiger partial charge in [-0.05, 0) is 42.8 Å². The molecule has 2 aromatic carbocycles. The fraction of sp³-hybridized carbons (Fsp3) is 0.125. The highest BCUT2D eigenvalue weighted by Crippen LogP contribution is 2.39. The van der Waals surface area contributed by atoms with Crippen LogP contribution in [0.4, 0.5) is 0 Å². The molecular weight excluding hydrogens is 414 g/mol. The number of amides is 1. The van der Waals surface area contributed by atoms with Gasteiger partial charge in [0.15, 0.2) is 0 Å². The number of aliphatic hydroxyl groups is 1. The number of carbonyl (C=O) groups excluding carboxylic acids is 2. The van der Waals surface area contributed by atoms with Crippen molar-refractivity contribution < 1.29 is 24.2 Å². The van der Waals surface area contributed by atoms with Crippen LogP contribution >= 0.6 is 11.8 Å². The van der Waals surface area contributed by atoms with Crippen LogP contribution in [0.5, 0.6) is 5.75 Å². The molecule has 3 rings (SSSR count). The Morgan fingerprint density at radius 1 is 1.16 bits per heavy atom. The third-order valence-corrected chi connectivity index (χ3v) is 5.11. The molecule has 1 aliphatic rings. The van der Waals surface area contributed by atoms with Crippen LogP contribution in [0, 0.1) is 12.3 Å². The molecule has 156 valence electrons. The first-order valence-electron chi connectivity index (χ1n) is 9.38. The van der Waals surface area contributed by atoms with E-state index in [0.717, 1.165) is 17.3 Å². The van der Waals surface area contributed by atoms with Gasteiger partial charge in [0, 0.05) is 5.56 Å². The third kappa shape index (κ3) is 5.44. The Morgan fingerprint density at radius 2 is 1.87 bits per heavy atom. The van der Waals surface area contributed by atoms with Crippen molar-refractivity contribution in [1.29, 1.82) is 0 Å². The Bertz CT molecular complexity index is 1110. The lowest BCUT2D eigenvalue weighted by molar-refractivity contribution is -0.138. The number of esters is 1. The number of hydrogen-bond acceptors (Lipinski definition) is 6. The highest BCUT2D eigenvalue weighted by atomic mass is 32.2. The van der Waals surface area contributed by atoms with Gasteiger partial charge in [0.1, 0.15) is 28.7 Å². The van der Waals surface area contributed by atoms with Crippen molar-refractivity contribution in [3.63, 3.8) is 0 Å². The molecule has 0 atom stereocenters. The van der Waals surface area contributed by atoms with E-state index >= 15 is 0 Å². The van der Waals surface area contributed by atoms with E-state index in [-0.39, 0.29) is 29.6 Å². The van der Waals surface area contributed by atoms with Gasteiger partial charge in [-0.1, -0.05) is 48.0 Å². The number of nitrogens with zero attached hydrogens (tertiary/aromatic N) is 1. The maximum atomic E-state index is 12.5. The van der Waals surface area contributed by atoms with E-state index in [1.807, 2.05) is 0 Å². The van der Waals surface area contributed by atoms with Crippen molar-refractivity contribution in [2.75, 3.05) is 13.2 Å². The topological polar surface area (TPSA) is 85.2 Å². The molecule has 1 heterocycles. The van der Waals surface area contributed by atoms with E-state index in [9.17, 15) is 14.7 Å². The van der Waals surface area contributed by atoms with Gasteiger partial charge in [-0.15, -0.1) is 6.42 Å². The Balaban J connectivity index is 1.93. The fourth-order valence-corrected chi connectivity index (χ4v) is 3.68. The van der Waals surface area contributed by atoms with Crippen LogP contribution in [0.15, 0.2) is 75.8 Å². The second kappa shape index (κ2) is 10.3. The van der Waals surface area contributed by atoms with E-state index < -0.39 is 11.9 Å². The predicted molar refractivity (Wildman–Crippen MR) is 121 cm³/mol. The maximum absolute atomic E-state index is 12.5. The van der Waals surface area contributed by atoms with Crippen LogP contribution in [-0.4, -0.2) is 35.2 Å². The Hall–Kier alpha value is -3.76. The highest BCUT2D eigenvalue weighted by Gasteiger charge is 2.33. The largest absolute Gasteiger partial charge is 0.506 e. The number of terminal acetylenes is 1. The molecule has 0 saturated heterocycles. The summed E-state index contributed by atoms with van der Waals surface area (Å²) in [5.41, 5.74) is 0.996. The van der Waals surface area contributed by atoms with Gasteiger partial charge in [-0.25, -0.2) is 9.79 Å². The molecule has 0 spiro atoms. The molecule has 1 N–H and O–H groups in total. The Labute approximate surface area is 184 Å².